The summed E-state index contributed by atoms with van der Waals surface area (Å²) in [6.45, 7) is 0. The molecule has 1 N–H and O–H groups in total. The first-order valence-corrected chi connectivity index (χ1v) is 8.97. The summed E-state index contributed by atoms with van der Waals surface area (Å²) < 4.78 is 38.2. The lowest BCUT2D eigenvalue weighted by atomic mass is 10.0. The maximum absolute atomic E-state index is 12.7. The molecule has 0 spiro atoms. The summed E-state index contributed by atoms with van der Waals surface area (Å²) in [5.41, 5.74) is 1.65. The lowest BCUT2D eigenvalue weighted by Crippen LogP contribution is -2.17. The summed E-state index contributed by atoms with van der Waals surface area (Å²) in [7, 11) is 1.57. The molecule has 6 heteroatoms. The number of nitrogens with one attached hydrogen (secondary N) is 1. The molecule has 0 aromatic heterocycles. The van der Waals surface area contributed by atoms with Crippen molar-refractivity contribution < 1.29 is 18.0 Å². The fourth-order valence-corrected chi connectivity index (χ4v) is 3.57. The van der Waals surface area contributed by atoms with Crippen LogP contribution in [0.25, 0.3) is 11.1 Å². The number of amides is 1. The van der Waals surface area contributed by atoms with E-state index in [2.05, 4.69) is 5.32 Å². The molecule has 2 nitrogen and oxygen atoms in total. The second-order valence-electron chi connectivity index (χ2n) is 5.78. The van der Waals surface area contributed by atoms with Gasteiger partial charge in [0.25, 0.3) is 5.91 Å². The highest BCUT2D eigenvalue weighted by atomic mass is 32.2. The monoisotopic (exact) mass is 387 g/mol. The first-order valence-electron chi connectivity index (χ1n) is 8.15. The zero-order valence-corrected chi connectivity index (χ0v) is 15.2. The largest absolute Gasteiger partial charge is 0.416 e. The van der Waals surface area contributed by atoms with Crippen LogP contribution in [0.4, 0.5) is 13.2 Å². The van der Waals surface area contributed by atoms with Crippen LogP contribution >= 0.6 is 11.8 Å². The van der Waals surface area contributed by atoms with Crippen molar-refractivity contribution in [2.45, 2.75) is 16.0 Å². The van der Waals surface area contributed by atoms with Crippen LogP contribution in [0.1, 0.15) is 15.9 Å². The van der Waals surface area contributed by atoms with E-state index in [1.807, 2.05) is 30.3 Å². The highest BCUT2D eigenvalue weighted by molar-refractivity contribution is 7.99. The molecule has 0 atom stereocenters. The Bertz CT molecular complexity index is 952. The maximum Gasteiger partial charge on any atom is 0.416 e. The van der Waals surface area contributed by atoms with Gasteiger partial charge in [-0.25, -0.2) is 0 Å². The summed E-state index contributed by atoms with van der Waals surface area (Å²) in [4.78, 5) is 13.5. The highest BCUT2D eigenvalue weighted by Gasteiger charge is 2.29. The molecule has 27 heavy (non-hydrogen) atoms. The van der Waals surface area contributed by atoms with Crippen LogP contribution in [-0.4, -0.2) is 13.0 Å². The molecule has 0 aliphatic heterocycles. The number of hydrogen-bond donors (Lipinski definition) is 1. The Morgan fingerprint density at radius 2 is 1.63 bits per heavy atom. The lowest BCUT2D eigenvalue weighted by molar-refractivity contribution is -0.137. The Hall–Kier alpha value is -2.73. The van der Waals surface area contributed by atoms with Gasteiger partial charge in [-0.05, 0) is 53.6 Å². The zero-order valence-electron chi connectivity index (χ0n) is 14.4. The molecule has 0 fully saturated rings. The van der Waals surface area contributed by atoms with Crippen LogP contribution in [0.5, 0.6) is 0 Å². The predicted molar refractivity (Wildman–Crippen MR) is 101 cm³/mol. The summed E-state index contributed by atoms with van der Waals surface area (Å²) in [5.74, 6) is -0.176. The van der Waals surface area contributed by atoms with Gasteiger partial charge in [-0.1, -0.05) is 42.1 Å². The molecule has 0 unspecified atom stereocenters. The van der Waals surface area contributed by atoms with Crippen LogP contribution in [0.3, 0.4) is 0 Å². The number of carbonyl (C=O) groups is 1. The third kappa shape index (κ3) is 4.52. The standard InChI is InChI=1S/C21H16F3NOS/c1-25-20(26)15-6-4-5-14(13-15)18-7-2-3-8-19(18)27-17-11-9-16(10-12-17)21(22,23)24/h2-13H,1H3,(H,25,26). The van der Waals surface area contributed by atoms with Gasteiger partial charge in [0.15, 0.2) is 0 Å². The average molecular weight is 387 g/mol. The van der Waals surface area contributed by atoms with Crippen molar-refractivity contribution >= 4 is 17.7 Å². The average Bonchev–Trinajstić information content (AvgIpc) is 2.67. The molecule has 0 saturated heterocycles. The Morgan fingerprint density at radius 3 is 2.30 bits per heavy atom. The molecule has 138 valence electrons. The fourth-order valence-electron chi connectivity index (χ4n) is 2.61. The Labute approximate surface area is 159 Å². The van der Waals surface area contributed by atoms with Crippen LogP contribution in [0.2, 0.25) is 0 Å². The minimum atomic E-state index is -4.35. The van der Waals surface area contributed by atoms with Gasteiger partial charge in [0.1, 0.15) is 0 Å². The van der Waals surface area contributed by atoms with E-state index in [0.717, 1.165) is 28.2 Å². The van der Waals surface area contributed by atoms with Gasteiger partial charge in [-0.2, -0.15) is 13.2 Å². The van der Waals surface area contributed by atoms with Crippen LogP contribution in [0.15, 0.2) is 82.6 Å². The molecular formula is C21H16F3NOS. The van der Waals surface area contributed by atoms with Gasteiger partial charge in [-0.15, -0.1) is 0 Å². The molecule has 0 saturated carbocycles. The van der Waals surface area contributed by atoms with Crippen LogP contribution in [0, 0.1) is 0 Å². The molecule has 0 bridgehead atoms. The second-order valence-corrected chi connectivity index (χ2v) is 6.90. The number of hydrogen-bond acceptors (Lipinski definition) is 2. The van der Waals surface area contributed by atoms with Crippen molar-refractivity contribution in [2.75, 3.05) is 7.05 Å². The highest BCUT2D eigenvalue weighted by Crippen LogP contribution is 2.37. The summed E-state index contributed by atoms with van der Waals surface area (Å²) in [6, 6.07) is 19.9. The normalized spacial score (nSPS) is 11.3. The number of alkyl halides is 3. The van der Waals surface area contributed by atoms with Crippen molar-refractivity contribution in [1.29, 1.82) is 0 Å². The lowest BCUT2D eigenvalue weighted by Gasteiger charge is -2.11. The van der Waals surface area contributed by atoms with Crippen molar-refractivity contribution in [3.05, 3.63) is 83.9 Å². The maximum atomic E-state index is 12.7. The van der Waals surface area contributed by atoms with E-state index in [-0.39, 0.29) is 5.91 Å². The Balaban J connectivity index is 1.92. The predicted octanol–water partition coefficient (Wildman–Crippen LogP) is 5.88. The Kier molecular flexibility index (Phi) is 5.56. The summed E-state index contributed by atoms with van der Waals surface area (Å²) in [6.07, 6.45) is -4.35. The quantitative estimate of drug-likeness (QED) is 0.605. The van der Waals surface area contributed by atoms with Gasteiger partial charge < -0.3 is 5.32 Å². The van der Waals surface area contributed by atoms with Crippen LogP contribution < -0.4 is 5.32 Å². The first kappa shape index (κ1) is 19.0. The van der Waals surface area contributed by atoms with E-state index < -0.39 is 11.7 Å². The van der Waals surface area contributed by atoms with Gasteiger partial charge >= 0.3 is 6.18 Å². The SMILES string of the molecule is CNC(=O)c1cccc(-c2ccccc2Sc2ccc(C(F)(F)F)cc2)c1. The zero-order chi connectivity index (χ0) is 19.4. The molecular weight excluding hydrogens is 371 g/mol. The van der Waals surface area contributed by atoms with Gasteiger partial charge in [0, 0.05) is 22.4 Å². The van der Waals surface area contributed by atoms with Gasteiger partial charge in [0.2, 0.25) is 0 Å². The van der Waals surface area contributed by atoms with Crippen LogP contribution in [-0.2, 0) is 6.18 Å². The van der Waals surface area contributed by atoms with Crippen molar-refractivity contribution in [3.63, 3.8) is 0 Å². The number of benzene rings is 3. The molecule has 1 amide bonds. The third-order valence-electron chi connectivity index (χ3n) is 3.96. The molecule has 0 aliphatic rings. The molecule has 3 aromatic carbocycles. The summed E-state index contributed by atoms with van der Waals surface area (Å²) in [5, 5.41) is 2.60. The fraction of sp³-hybridized carbons (Fsp3) is 0.0952. The molecule has 0 aliphatic carbocycles. The minimum absolute atomic E-state index is 0.176. The third-order valence-corrected chi connectivity index (χ3v) is 5.04. The molecule has 0 radical (unpaired) electrons. The van der Waals surface area contributed by atoms with E-state index in [4.69, 9.17) is 0 Å². The first-order chi connectivity index (χ1) is 12.9. The number of carbonyl (C=O) groups excluding carboxylic acids is 1. The number of rotatable bonds is 4. The molecule has 0 heterocycles. The van der Waals surface area contributed by atoms with Crippen molar-refractivity contribution in [3.8, 4) is 11.1 Å². The van der Waals surface area contributed by atoms with E-state index >= 15 is 0 Å². The topological polar surface area (TPSA) is 29.1 Å². The van der Waals surface area contributed by atoms with E-state index in [1.165, 1.54) is 23.9 Å². The van der Waals surface area contributed by atoms with E-state index in [9.17, 15) is 18.0 Å². The Morgan fingerprint density at radius 1 is 0.926 bits per heavy atom. The number of halogens is 3. The van der Waals surface area contributed by atoms with Gasteiger partial charge in [-0.3, -0.25) is 4.79 Å². The van der Waals surface area contributed by atoms with Crippen molar-refractivity contribution in [2.24, 2.45) is 0 Å². The minimum Gasteiger partial charge on any atom is -0.355 e. The van der Waals surface area contributed by atoms with E-state index in [0.29, 0.717) is 10.5 Å². The van der Waals surface area contributed by atoms with Gasteiger partial charge in [0.05, 0.1) is 5.56 Å². The molecule has 3 rings (SSSR count). The smallest absolute Gasteiger partial charge is 0.355 e. The molecule has 3 aromatic rings. The van der Waals surface area contributed by atoms with Crippen molar-refractivity contribution in [1.82, 2.24) is 5.32 Å². The second kappa shape index (κ2) is 7.88. The van der Waals surface area contributed by atoms with E-state index in [1.54, 1.807) is 25.2 Å². The summed E-state index contributed by atoms with van der Waals surface area (Å²) >= 11 is 1.38.